The van der Waals surface area contributed by atoms with E-state index in [4.69, 9.17) is 15.6 Å². The fourth-order valence-corrected chi connectivity index (χ4v) is 8.83. The molecule has 16 heteroatoms. The van der Waals surface area contributed by atoms with Crippen molar-refractivity contribution in [2.75, 3.05) is 49.9 Å². The van der Waals surface area contributed by atoms with Crippen molar-refractivity contribution >= 4 is 46.2 Å². The highest BCUT2D eigenvalue weighted by Crippen LogP contribution is 2.38. The number of nitrogens with two attached hydrogens (primary N) is 1. The van der Waals surface area contributed by atoms with E-state index in [0.29, 0.717) is 47.3 Å². The Morgan fingerprint density at radius 2 is 1.53 bits per heavy atom. The molecule has 4 amide bonds. The summed E-state index contributed by atoms with van der Waals surface area (Å²) >= 11 is 0. The first-order valence-corrected chi connectivity index (χ1v) is 19.2. The van der Waals surface area contributed by atoms with E-state index in [0.717, 1.165) is 54.6 Å². The molecule has 5 aliphatic heterocycles. The zero-order valence-corrected chi connectivity index (χ0v) is 30.8. The van der Waals surface area contributed by atoms with Gasteiger partial charge in [0.15, 0.2) is 5.65 Å². The Labute approximate surface area is 326 Å². The predicted octanol–water partition coefficient (Wildman–Crippen LogP) is 3.43. The number of carbonyl (C=O) groups excluding carboxylic acids is 4. The first-order chi connectivity index (χ1) is 27.7. The lowest BCUT2D eigenvalue weighted by Crippen LogP contribution is -2.70. The van der Waals surface area contributed by atoms with Gasteiger partial charge in [-0.2, -0.15) is 5.10 Å². The van der Waals surface area contributed by atoms with Gasteiger partial charge in [-0.3, -0.25) is 39.2 Å². The molecule has 7 heterocycles. The average molecular weight is 771 g/mol. The van der Waals surface area contributed by atoms with Gasteiger partial charge < -0.3 is 15.4 Å². The van der Waals surface area contributed by atoms with E-state index >= 15 is 4.39 Å². The summed E-state index contributed by atoms with van der Waals surface area (Å²) in [6, 6.07) is 21.4. The third-order valence-electron chi connectivity index (χ3n) is 12.1. The van der Waals surface area contributed by atoms with Crippen LogP contribution < -0.4 is 20.7 Å². The summed E-state index contributed by atoms with van der Waals surface area (Å²) in [6.07, 6.45) is 0.993. The highest BCUT2D eigenvalue weighted by Gasteiger charge is 2.47. The Bertz CT molecular complexity index is 2430. The van der Waals surface area contributed by atoms with E-state index < -0.39 is 41.9 Å². The van der Waals surface area contributed by atoms with E-state index in [1.807, 2.05) is 60.7 Å². The summed E-state index contributed by atoms with van der Waals surface area (Å²) in [7, 11) is 0. The SMILES string of the molecule is Nc1ncnc2c1c(-c1ccc(Oc3ccccc3)cc1)nn2[C@H]1CCN(C2CN(C3CN(c4ccc5c(c4)C(=O)N(C4CCC(=O)NC4=O)C5=O)C3)C2)C[C@@H]1F. The molecular weight excluding hydrogens is 732 g/mol. The van der Waals surface area contributed by atoms with E-state index in [1.165, 1.54) is 6.33 Å². The van der Waals surface area contributed by atoms with Crippen molar-refractivity contribution in [3.8, 4) is 22.8 Å². The Balaban J connectivity index is 0.753. The lowest BCUT2D eigenvalue weighted by Gasteiger charge is -2.55. The molecule has 4 fully saturated rings. The lowest BCUT2D eigenvalue weighted by atomic mass is 9.94. The zero-order valence-electron chi connectivity index (χ0n) is 30.8. The van der Waals surface area contributed by atoms with Crippen LogP contribution in [-0.2, 0) is 9.59 Å². The predicted molar refractivity (Wildman–Crippen MR) is 206 cm³/mol. The normalized spacial score (nSPS) is 23.4. The number of nitrogen functional groups attached to an aromatic ring is 1. The van der Waals surface area contributed by atoms with Gasteiger partial charge in [0, 0.05) is 69.0 Å². The first kappa shape index (κ1) is 35.2. The number of hydrogen-bond donors (Lipinski definition) is 2. The molecule has 5 aliphatic rings. The van der Waals surface area contributed by atoms with Crippen molar-refractivity contribution in [1.29, 1.82) is 0 Å². The number of fused-ring (bicyclic) bond motifs is 2. The van der Waals surface area contributed by atoms with Gasteiger partial charge in [-0.1, -0.05) is 18.2 Å². The number of aromatic nitrogens is 4. The number of alkyl halides is 1. The van der Waals surface area contributed by atoms with Crippen molar-refractivity contribution in [2.24, 2.45) is 0 Å². The van der Waals surface area contributed by atoms with Crippen LogP contribution in [-0.4, -0.2) is 122 Å². The van der Waals surface area contributed by atoms with Crippen molar-refractivity contribution in [2.45, 2.75) is 49.6 Å². The third kappa shape index (κ3) is 6.06. The number of carbonyl (C=O) groups is 4. The highest BCUT2D eigenvalue weighted by molar-refractivity contribution is 6.23. The molecule has 57 heavy (non-hydrogen) atoms. The number of nitrogens with zero attached hydrogens (tertiary/aromatic N) is 8. The maximum atomic E-state index is 16.2. The quantitative estimate of drug-likeness (QED) is 0.221. The molecule has 3 N–H and O–H groups in total. The number of halogens is 1. The van der Waals surface area contributed by atoms with Crippen LogP contribution in [0.5, 0.6) is 11.5 Å². The molecule has 15 nitrogen and oxygen atoms in total. The summed E-state index contributed by atoms with van der Waals surface area (Å²) in [6.45, 7) is 4.23. The molecule has 5 aromatic rings. The van der Waals surface area contributed by atoms with Crippen molar-refractivity contribution < 1.29 is 28.3 Å². The molecule has 2 aromatic heterocycles. The van der Waals surface area contributed by atoms with Gasteiger partial charge in [0.25, 0.3) is 11.8 Å². The van der Waals surface area contributed by atoms with E-state index in [2.05, 4.69) is 30.0 Å². The molecule has 0 saturated carbocycles. The van der Waals surface area contributed by atoms with E-state index in [1.54, 1.807) is 16.8 Å². The number of hydrogen-bond acceptors (Lipinski definition) is 12. The lowest BCUT2D eigenvalue weighted by molar-refractivity contribution is -0.136. The minimum Gasteiger partial charge on any atom is -0.457 e. The first-order valence-electron chi connectivity index (χ1n) is 19.2. The minimum atomic E-state index is -1.17. The Morgan fingerprint density at radius 3 is 2.28 bits per heavy atom. The highest BCUT2D eigenvalue weighted by atomic mass is 19.1. The fraction of sp³-hybridized carbons (Fsp3) is 0.341. The molecule has 10 rings (SSSR count). The maximum Gasteiger partial charge on any atom is 0.262 e. The van der Waals surface area contributed by atoms with Gasteiger partial charge >= 0.3 is 0 Å². The van der Waals surface area contributed by atoms with E-state index in [9.17, 15) is 19.2 Å². The number of piperidine rings is 2. The van der Waals surface area contributed by atoms with Gasteiger partial charge in [-0.25, -0.2) is 19.0 Å². The molecule has 0 spiro atoms. The number of imide groups is 2. The third-order valence-corrected chi connectivity index (χ3v) is 12.1. The number of anilines is 2. The van der Waals surface area contributed by atoms with Crippen molar-refractivity contribution in [3.05, 3.63) is 90.3 Å². The van der Waals surface area contributed by atoms with Crippen LogP contribution in [0.1, 0.15) is 46.0 Å². The number of likely N-dealkylation sites (tertiary alicyclic amines) is 2. The average Bonchev–Trinajstić information content (AvgIpc) is 3.68. The van der Waals surface area contributed by atoms with E-state index in [-0.39, 0.29) is 30.0 Å². The van der Waals surface area contributed by atoms with Crippen LogP contribution in [0.15, 0.2) is 79.1 Å². The number of amides is 4. The number of ether oxygens (including phenoxy) is 1. The molecule has 1 unspecified atom stereocenters. The monoisotopic (exact) mass is 770 g/mol. The van der Waals surface area contributed by atoms with Crippen LogP contribution in [0.4, 0.5) is 15.9 Å². The molecule has 4 saturated heterocycles. The fourth-order valence-electron chi connectivity index (χ4n) is 8.83. The molecule has 3 atom stereocenters. The number of nitrogens with one attached hydrogen (secondary N) is 1. The Morgan fingerprint density at radius 1 is 0.789 bits per heavy atom. The molecular formula is C41H39FN10O5. The van der Waals surface area contributed by atoms with Gasteiger partial charge in [-0.15, -0.1) is 0 Å². The largest absolute Gasteiger partial charge is 0.457 e. The number of rotatable bonds is 8. The van der Waals surface area contributed by atoms with Crippen LogP contribution in [0.25, 0.3) is 22.3 Å². The summed E-state index contributed by atoms with van der Waals surface area (Å²) in [4.78, 5) is 67.0. The molecule has 3 aromatic carbocycles. The van der Waals surface area contributed by atoms with Crippen LogP contribution in [0.2, 0.25) is 0 Å². The van der Waals surface area contributed by atoms with Gasteiger partial charge in [-0.05, 0) is 67.4 Å². The molecule has 0 bridgehead atoms. The smallest absolute Gasteiger partial charge is 0.262 e. The van der Waals surface area contributed by atoms with Gasteiger partial charge in [0.2, 0.25) is 11.8 Å². The van der Waals surface area contributed by atoms with Gasteiger partial charge in [0.05, 0.1) is 22.6 Å². The maximum absolute atomic E-state index is 16.2. The second-order valence-corrected chi connectivity index (χ2v) is 15.4. The van der Waals surface area contributed by atoms with Crippen LogP contribution >= 0.6 is 0 Å². The van der Waals surface area contributed by atoms with Crippen LogP contribution in [0.3, 0.4) is 0 Å². The summed E-state index contributed by atoms with van der Waals surface area (Å²) in [5, 5.41) is 7.74. The summed E-state index contributed by atoms with van der Waals surface area (Å²) in [5.41, 5.74) is 9.66. The number of para-hydroxylation sites is 1. The summed E-state index contributed by atoms with van der Waals surface area (Å²) < 4.78 is 23.9. The van der Waals surface area contributed by atoms with Crippen LogP contribution in [0, 0.1) is 0 Å². The second kappa shape index (κ2) is 13.7. The van der Waals surface area contributed by atoms with Crippen molar-refractivity contribution in [3.63, 3.8) is 0 Å². The Hall–Kier alpha value is -6.26. The zero-order chi connectivity index (χ0) is 38.9. The topological polar surface area (TPSA) is 172 Å². The Kier molecular flexibility index (Phi) is 8.48. The standard InChI is InChI=1S/C41H39FN10O5/c42-31-21-48(15-14-32(31)52-38-35(37(43)44-22-45-38)36(47-52)23-6-9-28(10-7-23)57-27-4-2-1-3-5-27)25-17-50(18-25)26-19-49(20-26)24-8-11-29-30(16-24)41(56)51(40(29)55)33-12-13-34(53)46-39(33)54/h1-11,16,22,25-26,31-33H,12-15,17-21H2,(H2,43,44,45)(H,46,53,54)/t31-,32-,33?/m0/s1. The summed E-state index contributed by atoms with van der Waals surface area (Å²) in [5.74, 6) is -0.353. The van der Waals surface area contributed by atoms with Gasteiger partial charge in [0.1, 0.15) is 41.6 Å². The minimum absolute atomic E-state index is 0.0763. The second-order valence-electron chi connectivity index (χ2n) is 15.4. The molecule has 0 radical (unpaired) electrons. The van der Waals surface area contributed by atoms with Crippen molar-refractivity contribution in [1.82, 2.24) is 39.8 Å². The number of benzene rings is 3. The molecule has 0 aliphatic carbocycles. The molecule has 290 valence electrons.